The van der Waals surface area contributed by atoms with E-state index in [1.54, 1.807) is 11.3 Å². The maximum atomic E-state index is 6.43. The van der Waals surface area contributed by atoms with E-state index in [-0.39, 0.29) is 6.04 Å². The van der Waals surface area contributed by atoms with Gasteiger partial charge in [0.2, 0.25) is 0 Å². The smallest absolute Gasteiger partial charge is 0.124 e. The summed E-state index contributed by atoms with van der Waals surface area (Å²) in [5.41, 5.74) is 8.83. The minimum Gasteiger partial charge on any atom is -0.494 e. The lowest BCUT2D eigenvalue weighted by atomic mass is 9.98. The van der Waals surface area contributed by atoms with E-state index < -0.39 is 0 Å². The van der Waals surface area contributed by atoms with Gasteiger partial charge in [0.25, 0.3) is 0 Å². The first-order valence-corrected chi connectivity index (χ1v) is 8.10. The summed E-state index contributed by atoms with van der Waals surface area (Å²) in [7, 11) is 0. The van der Waals surface area contributed by atoms with E-state index in [9.17, 15) is 0 Å². The van der Waals surface area contributed by atoms with E-state index in [1.807, 2.05) is 25.1 Å². The summed E-state index contributed by atoms with van der Waals surface area (Å²) >= 11 is 1.78. The highest BCUT2D eigenvalue weighted by Gasteiger charge is 2.14. The predicted molar refractivity (Wildman–Crippen MR) is 90.1 cm³/mol. The molecule has 0 aliphatic rings. The van der Waals surface area contributed by atoms with Crippen molar-refractivity contribution in [3.05, 3.63) is 65.0 Å². The van der Waals surface area contributed by atoms with Crippen molar-refractivity contribution in [2.75, 3.05) is 6.61 Å². The third kappa shape index (κ3) is 2.94. The first kappa shape index (κ1) is 14.1. The van der Waals surface area contributed by atoms with Crippen molar-refractivity contribution in [3.63, 3.8) is 0 Å². The molecule has 108 valence electrons. The fourth-order valence-electron chi connectivity index (χ4n) is 2.61. The maximum Gasteiger partial charge on any atom is 0.124 e. The fourth-order valence-corrected chi connectivity index (χ4v) is 3.59. The van der Waals surface area contributed by atoms with Gasteiger partial charge in [0, 0.05) is 16.3 Å². The Morgan fingerprint density at radius 3 is 2.71 bits per heavy atom. The molecule has 0 radical (unpaired) electrons. The standard InChI is InChI=1S/C18H19NOS/c1-2-20-17-9-5-3-8-15(17)16(19)11-13-12-21-18-10-6-4-7-14(13)18/h3-10,12,16H,2,11,19H2,1H3. The van der Waals surface area contributed by atoms with Gasteiger partial charge in [-0.05, 0) is 41.8 Å². The summed E-state index contributed by atoms with van der Waals surface area (Å²) < 4.78 is 7.00. The van der Waals surface area contributed by atoms with Gasteiger partial charge in [-0.15, -0.1) is 11.3 Å². The Morgan fingerprint density at radius 2 is 1.86 bits per heavy atom. The van der Waals surface area contributed by atoms with Crippen LogP contribution in [0.25, 0.3) is 10.1 Å². The zero-order valence-electron chi connectivity index (χ0n) is 12.1. The van der Waals surface area contributed by atoms with Crippen LogP contribution in [-0.4, -0.2) is 6.61 Å². The van der Waals surface area contributed by atoms with E-state index in [0.29, 0.717) is 6.61 Å². The summed E-state index contributed by atoms with van der Waals surface area (Å²) in [6, 6.07) is 16.5. The highest BCUT2D eigenvalue weighted by Crippen LogP contribution is 2.31. The van der Waals surface area contributed by atoms with Crippen LogP contribution in [0.4, 0.5) is 0 Å². The summed E-state index contributed by atoms with van der Waals surface area (Å²) in [5, 5.41) is 3.53. The molecular weight excluding hydrogens is 278 g/mol. The number of para-hydroxylation sites is 1. The average molecular weight is 297 g/mol. The van der Waals surface area contributed by atoms with Gasteiger partial charge < -0.3 is 10.5 Å². The van der Waals surface area contributed by atoms with Crippen LogP contribution in [0, 0.1) is 0 Å². The van der Waals surface area contributed by atoms with Crippen LogP contribution in [-0.2, 0) is 6.42 Å². The minimum absolute atomic E-state index is 0.0502. The molecule has 3 aromatic rings. The van der Waals surface area contributed by atoms with Crippen molar-refractivity contribution in [2.24, 2.45) is 5.73 Å². The largest absolute Gasteiger partial charge is 0.494 e. The van der Waals surface area contributed by atoms with Crippen LogP contribution >= 0.6 is 11.3 Å². The number of thiophene rings is 1. The fraction of sp³-hybridized carbons (Fsp3) is 0.222. The molecule has 0 aliphatic heterocycles. The van der Waals surface area contributed by atoms with E-state index in [4.69, 9.17) is 10.5 Å². The summed E-state index contributed by atoms with van der Waals surface area (Å²) in [6.07, 6.45) is 0.827. The van der Waals surface area contributed by atoms with Crippen molar-refractivity contribution in [3.8, 4) is 5.75 Å². The zero-order valence-corrected chi connectivity index (χ0v) is 12.9. The van der Waals surface area contributed by atoms with Gasteiger partial charge >= 0.3 is 0 Å². The van der Waals surface area contributed by atoms with Crippen molar-refractivity contribution >= 4 is 21.4 Å². The molecule has 2 N–H and O–H groups in total. The Hall–Kier alpha value is -1.84. The Kier molecular flexibility index (Phi) is 4.23. The van der Waals surface area contributed by atoms with Gasteiger partial charge in [0.1, 0.15) is 5.75 Å². The number of fused-ring (bicyclic) bond motifs is 1. The molecule has 0 amide bonds. The average Bonchev–Trinajstić information content (AvgIpc) is 2.91. The third-order valence-corrected chi connectivity index (χ3v) is 4.63. The lowest BCUT2D eigenvalue weighted by Gasteiger charge is -2.16. The normalized spacial score (nSPS) is 12.5. The molecule has 2 nitrogen and oxygen atoms in total. The summed E-state index contributed by atoms with van der Waals surface area (Å²) in [4.78, 5) is 0. The van der Waals surface area contributed by atoms with Gasteiger partial charge in [-0.25, -0.2) is 0 Å². The molecule has 0 saturated heterocycles. The zero-order chi connectivity index (χ0) is 14.7. The Balaban J connectivity index is 1.88. The lowest BCUT2D eigenvalue weighted by molar-refractivity contribution is 0.334. The van der Waals surface area contributed by atoms with E-state index in [0.717, 1.165) is 17.7 Å². The topological polar surface area (TPSA) is 35.2 Å². The van der Waals surface area contributed by atoms with Crippen LogP contribution < -0.4 is 10.5 Å². The SMILES string of the molecule is CCOc1ccccc1C(N)Cc1csc2ccccc12. The molecule has 0 fully saturated rings. The molecule has 3 heteroatoms. The Labute approximate surface area is 129 Å². The van der Waals surface area contributed by atoms with Gasteiger partial charge in [-0.1, -0.05) is 36.4 Å². The van der Waals surface area contributed by atoms with Crippen LogP contribution in [0.15, 0.2) is 53.9 Å². The van der Waals surface area contributed by atoms with Crippen molar-refractivity contribution in [2.45, 2.75) is 19.4 Å². The number of benzene rings is 2. The highest BCUT2D eigenvalue weighted by molar-refractivity contribution is 7.17. The molecule has 3 rings (SSSR count). The molecule has 1 atom stereocenters. The van der Waals surface area contributed by atoms with E-state index >= 15 is 0 Å². The number of ether oxygens (including phenoxy) is 1. The quantitative estimate of drug-likeness (QED) is 0.750. The molecule has 21 heavy (non-hydrogen) atoms. The molecule has 1 aromatic heterocycles. The van der Waals surface area contributed by atoms with Crippen molar-refractivity contribution in [1.82, 2.24) is 0 Å². The number of nitrogens with two attached hydrogens (primary N) is 1. The monoisotopic (exact) mass is 297 g/mol. The van der Waals surface area contributed by atoms with Gasteiger partial charge in [0.05, 0.1) is 6.61 Å². The maximum absolute atomic E-state index is 6.43. The minimum atomic E-state index is -0.0502. The number of rotatable bonds is 5. The molecule has 1 unspecified atom stereocenters. The molecular formula is C18H19NOS. The van der Waals surface area contributed by atoms with Crippen molar-refractivity contribution in [1.29, 1.82) is 0 Å². The van der Waals surface area contributed by atoms with Crippen LogP contribution in [0.3, 0.4) is 0 Å². The second-order valence-electron chi connectivity index (χ2n) is 5.04. The van der Waals surface area contributed by atoms with Crippen LogP contribution in [0.1, 0.15) is 24.1 Å². The van der Waals surface area contributed by atoms with Crippen LogP contribution in [0.2, 0.25) is 0 Å². The summed E-state index contributed by atoms with van der Waals surface area (Å²) in [5.74, 6) is 0.895. The van der Waals surface area contributed by atoms with E-state index in [1.165, 1.54) is 15.6 Å². The predicted octanol–water partition coefficient (Wildman–Crippen LogP) is 4.54. The third-order valence-electron chi connectivity index (χ3n) is 3.62. The number of hydrogen-bond donors (Lipinski definition) is 1. The molecule has 2 aromatic carbocycles. The highest BCUT2D eigenvalue weighted by atomic mass is 32.1. The van der Waals surface area contributed by atoms with Gasteiger partial charge in [-0.3, -0.25) is 0 Å². The Bertz CT molecular complexity index is 735. The van der Waals surface area contributed by atoms with E-state index in [2.05, 4.69) is 35.7 Å². The molecule has 1 heterocycles. The first-order valence-electron chi connectivity index (χ1n) is 7.22. The van der Waals surface area contributed by atoms with Gasteiger partial charge in [0.15, 0.2) is 0 Å². The lowest BCUT2D eigenvalue weighted by Crippen LogP contribution is -2.14. The first-order chi connectivity index (χ1) is 10.3. The summed E-state index contributed by atoms with van der Waals surface area (Å²) in [6.45, 7) is 2.65. The van der Waals surface area contributed by atoms with Crippen LogP contribution in [0.5, 0.6) is 5.75 Å². The number of hydrogen-bond acceptors (Lipinski definition) is 3. The molecule has 0 aliphatic carbocycles. The molecule has 0 saturated carbocycles. The Morgan fingerprint density at radius 1 is 1.10 bits per heavy atom. The second-order valence-corrected chi connectivity index (χ2v) is 5.95. The second kappa shape index (κ2) is 6.29. The molecule has 0 spiro atoms. The van der Waals surface area contributed by atoms with Crippen molar-refractivity contribution < 1.29 is 4.74 Å². The van der Waals surface area contributed by atoms with Gasteiger partial charge in [-0.2, -0.15) is 0 Å². The molecule has 0 bridgehead atoms.